The van der Waals surface area contributed by atoms with Crippen molar-refractivity contribution in [1.82, 2.24) is 4.98 Å². The number of nitrogens with zero attached hydrogens (tertiary/aromatic N) is 1. The predicted octanol–water partition coefficient (Wildman–Crippen LogP) is 2.62. The van der Waals surface area contributed by atoms with Gasteiger partial charge in [-0.3, -0.25) is 4.98 Å². The molecule has 1 aromatic heterocycles. The molecule has 2 N–H and O–H groups in total. The van der Waals surface area contributed by atoms with E-state index in [2.05, 4.69) is 16.8 Å². The fraction of sp³-hybridized carbons (Fsp3) is 0.133. The molecule has 0 radical (unpaired) electrons. The van der Waals surface area contributed by atoms with Gasteiger partial charge in [0.2, 0.25) is 0 Å². The van der Waals surface area contributed by atoms with Crippen LogP contribution in [0.1, 0.15) is 11.1 Å². The smallest absolute Gasteiger partial charge is 0.139 e. The number of benzene rings is 1. The van der Waals surface area contributed by atoms with Crippen molar-refractivity contribution in [2.75, 3.05) is 6.54 Å². The zero-order valence-electron chi connectivity index (χ0n) is 10.3. The molecule has 0 bridgehead atoms. The maximum atomic E-state index is 5.91. The Hall–Kier alpha value is -2.02. The van der Waals surface area contributed by atoms with Gasteiger partial charge >= 0.3 is 0 Å². The van der Waals surface area contributed by atoms with Gasteiger partial charge in [-0.1, -0.05) is 35.6 Å². The number of hydrogen-bond donors (Lipinski definition) is 1. The largest absolute Gasteiger partial charge is 0.487 e. The maximum Gasteiger partial charge on any atom is 0.139 e. The molecule has 4 heteroatoms. The first-order valence-electron chi connectivity index (χ1n) is 5.79. The molecule has 96 valence electrons. The molecule has 2 aromatic rings. The van der Waals surface area contributed by atoms with E-state index in [0.29, 0.717) is 23.9 Å². The Labute approximate surface area is 117 Å². The van der Waals surface area contributed by atoms with Gasteiger partial charge in [0.1, 0.15) is 12.4 Å². The molecule has 0 fully saturated rings. The van der Waals surface area contributed by atoms with Gasteiger partial charge in [-0.15, -0.1) is 0 Å². The Morgan fingerprint density at radius 2 is 2.16 bits per heavy atom. The second-order valence-corrected chi connectivity index (χ2v) is 4.27. The first-order chi connectivity index (χ1) is 9.28. The summed E-state index contributed by atoms with van der Waals surface area (Å²) in [4.78, 5) is 4.07. The van der Waals surface area contributed by atoms with Crippen molar-refractivity contribution >= 4 is 11.6 Å². The van der Waals surface area contributed by atoms with E-state index < -0.39 is 0 Å². The first-order valence-corrected chi connectivity index (χ1v) is 6.17. The topological polar surface area (TPSA) is 48.1 Å². The fourth-order valence-corrected chi connectivity index (χ4v) is 1.73. The highest BCUT2D eigenvalue weighted by Crippen LogP contribution is 2.15. The van der Waals surface area contributed by atoms with Gasteiger partial charge in [0.05, 0.1) is 12.7 Å². The number of pyridine rings is 1. The zero-order valence-corrected chi connectivity index (χ0v) is 11.0. The Morgan fingerprint density at radius 3 is 2.95 bits per heavy atom. The second kappa shape index (κ2) is 6.79. The Kier molecular flexibility index (Phi) is 4.79. The SMILES string of the molecule is NCC#Cc1cncc(OCc2cccc(Cl)c2)c1. The molecule has 0 amide bonds. The standard InChI is InChI=1S/C15H13ClN2O/c16-14-5-1-3-13(7-14)11-19-15-8-12(4-2-6-17)9-18-10-15/h1,3,5,7-10H,6,11,17H2. The van der Waals surface area contributed by atoms with Crippen molar-refractivity contribution in [3.63, 3.8) is 0 Å². The van der Waals surface area contributed by atoms with E-state index in [4.69, 9.17) is 22.1 Å². The molecule has 0 aliphatic carbocycles. The molecule has 0 aliphatic heterocycles. The van der Waals surface area contributed by atoms with Gasteiger partial charge < -0.3 is 10.5 Å². The van der Waals surface area contributed by atoms with Crippen LogP contribution in [-0.2, 0) is 6.61 Å². The quantitative estimate of drug-likeness (QED) is 0.874. The van der Waals surface area contributed by atoms with E-state index >= 15 is 0 Å². The summed E-state index contributed by atoms with van der Waals surface area (Å²) in [6.45, 7) is 0.767. The lowest BCUT2D eigenvalue weighted by atomic mass is 10.2. The number of hydrogen-bond acceptors (Lipinski definition) is 3. The monoisotopic (exact) mass is 272 g/mol. The van der Waals surface area contributed by atoms with E-state index in [1.54, 1.807) is 12.4 Å². The molecule has 0 saturated carbocycles. The Morgan fingerprint density at radius 1 is 1.26 bits per heavy atom. The van der Waals surface area contributed by atoms with Crippen LogP contribution in [-0.4, -0.2) is 11.5 Å². The van der Waals surface area contributed by atoms with Crippen molar-refractivity contribution in [2.24, 2.45) is 5.73 Å². The lowest BCUT2D eigenvalue weighted by molar-refractivity contribution is 0.305. The van der Waals surface area contributed by atoms with Gasteiger partial charge in [-0.05, 0) is 23.8 Å². The minimum Gasteiger partial charge on any atom is -0.487 e. The molecule has 3 nitrogen and oxygen atoms in total. The third kappa shape index (κ3) is 4.29. The average Bonchev–Trinajstić information content (AvgIpc) is 2.43. The van der Waals surface area contributed by atoms with Crippen LogP contribution in [0.5, 0.6) is 5.75 Å². The molecular weight excluding hydrogens is 260 g/mol. The van der Waals surface area contributed by atoms with Crippen LogP contribution in [0.4, 0.5) is 0 Å². The highest BCUT2D eigenvalue weighted by Gasteiger charge is 1.98. The molecule has 0 atom stereocenters. The van der Waals surface area contributed by atoms with Crippen LogP contribution in [0.2, 0.25) is 5.02 Å². The van der Waals surface area contributed by atoms with Crippen molar-refractivity contribution in [2.45, 2.75) is 6.61 Å². The summed E-state index contributed by atoms with van der Waals surface area (Å²) in [5.41, 5.74) is 7.12. The average molecular weight is 273 g/mol. The number of nitrogens with two attached hydrogens (primary N) is 1. The van der Waals surface area contributed by atoms with Crippen molar-refractivity contribution < 1.29 is 4.74 Å². The number of halogens is 1. The van der Waals surface area contributed by atoms with Crippen LogP contribution < -0.4 is 10.5 Å². The van der Waals surface area contributed by atoms with Crippen molar-refractivity contribution in [3.05, 3.63) is 58.9 Å². The fourth-order valence-electron chi connectivity index (χ4n) is 1.51. The summed E-state index contributed by atoms with van der Waals surface area (Å²) >= 11 is 5.91. The van der Waals surface area contributed by atoms with Crippen LogP contribution >= 0.6 is 11.6 Å². The van der Waals surface area contributed by atoms with Gasteiger partial charge in [-0.2, -0.15) is 0 Å². The minimum absolute atomic E-state index is 0.327. The van der Waals surface area contributed by atoms with Crippen LogP contribution in [0.3, 0.4) is 0 Å². The van der Waals surface area contributed by atoms with Crippen LogP contribution in [0.15, 0.2) is 42.7 Å². The summed E-state index contributed by atoms with van der Waals surface area (Å²) in [7, 11) is 0. The van der Waals surface area contributed by atoms with Gasteiger partial charge in [0.15, 0.2) is 0 Å². The van der Waals surface area contributed by atoms with E-state index in [1.165, 1.54) is 0 Å². The molecule has 0 unspecified atom stereocenters. The minimum atomic E-state index is 0.327. The van der Waals surface area contributed by atoms with E-state index in [0.717, 1.165) is 11.1 Å². The molecule has 1 aromatic carbocycles. The summed E-state index contributed by atoms with van der Waals surface area (Å²) < 4.78 is 5.65. The third-order valence-corrected chi connectivity index (χ3v) is 2.58. The van der Waals surface area contributed by atoms with Gasteiger partial charge in [0, 0.05) is 16.8 Å². The van der Waals surface area contributed by atoms with Gasteiger partial charge in [-0.25, -0.2) is 0 Å². The highest BCUT2D eigenvalue weighted by molar-refractivity contribution is 6.30. The van der Waals surface area contributed by atoms with E-state index in [1.807, 2.05) is 30.3 Å². The molecule has 19 heavy (non-hydrogen) atoms. The Balaban J connectivity index is 2.03. The molecule has 0 saturated heterocycles. The third-order valence-electron chi connectivity index (χ3n) is 2.34. The van der Waals surface area contributed by atoms with Crippen molar-refractivity contribution in [3.8, 4) is 17.6 Å². The second-order valence-electron chi connectivity index (χ2n) is 3.83. The molecule has 0 spiro atoms. The Bertz CT molecular complexity index is 617. The van der Waals surface area contributed by atoms with Crippen LogP contribution in [0, 0.1) is 11.8 Å². The predicted molar refractivity (Wildman–Crippen MR) is 76.0 cm³/mol. The number of aromatic nitrogens is 1. The van der Waals surface area contributed by atoms with Crippen LogP contribution in [0.25, 0.3) is 0 Å². The maximum absolute atomic E-state index is 5.91. The van der Waals surface area contributed by atoms with E-state index in [9.17, 15) is 0 Å². The lowest BCUT2D eigenvalue weighted by Gasteiger charge is -2.06. The molecule has 1 heterocycles. The summed E-state index contributed by atoms with van der Waals surface area (Å²) in [6, 6.07) is 9.38. The first kappa shape index (κ1) is 13.4. The van der Waals surface area contributed by atoms with E-state index in [-0.39, 0.29) is 0 Å². The molecular formula is C15H13ClN2O. The summed E-state index contributed by atoms with van der Waals surface area (Å²) in [5.74, 6) is 6.36. The molecule has 2 rings (SSSR count). The number of ether oxygens (including phenoxy) is 1. The normalized spacial score (nSPS) is 9.58. The highest BCUT2D eigenvalue weighted by atomic mass is 35.5. The summed E-state index contributed by atoms with van der Waals surface area (Å²) in [5, 5.41) is 0.696. The van der Waals surface area contributed by atoms with Gasteiger partial charge in [0.25, 0.3) is 0 Å². The summed E-state index contributed by atoms with van der Waals surface area (Å²) in [6.07, 6.45) is 3.33. The lowest BCUT2D eigenvalue weighted by Crippen LogP contribution is -1.96. The number of rotatable bonds is 3. The van der Waals surface area contributed by atoms with Crippen molar-refractivity contribution in [1.29, 1.82) is 0 Å². The molecule has 0 aliphatic rings. The zero-order chi connectivity index (χ0) is 13.5.